The Morgan fingerprint density at radius 3 is 2.33 bits per heavy atom. The number of carbonyl (C=O) groups excluding carboxylic acids is 1. The molecule has 0 bridgehead atoms. The van der Waals surface area contributed by atoms with E-state index in [0.29, 0.717) is 12.8 Å². The minimum Gasteiger partial charge on any atom is -0.481 e. The van der Waals surface area contributed by atoms with E-state index in [4.69, 9.17) is 5.11 Å². The summed E-state index contributed by atoms with van der Waals surface area (Å²) in [5, 5.41) is 11.3. The van der Waals surface area contributed by atoms with Crippen LogP contribution in [0.4, 0.5) is 13.2 Å². The van der Waals surface area contributed by atoms with Crippen molar-refractivity contribution >= 4 is 11.9 Å². The van der Waals surface area contributed by atoms with E-state index >= 15 is 0 Å². The van der Waals surface area contributed by atoms with Crippen molar-refractivity contribution in [1.29, 1.82) is 0 Å². The number of carbonyl (C=O) groups is 2. The van der Waals surface area contributed by atoms with Gasteiger partial charge < -0.3 is 10.4 Å². The molecule has 1 saturated carbocycles. The van der Waals surface area contributed by atoms with E-state index in [1.165, 1.54) is 12.1 Å². The van der Waals surface area contributed by atoms with Gasteiger partial charge in [-0.25, -0.2) is 0 Å². The quantitative estimate of drug-likeness (QED) is 0.898. The van der Waals surface area contributed by atoms with Crippen molar-refractivity contribution in [2.75, 3.05) is 0 Å². The molecule has 1 aliphatic rings. The van der Waals surface area contributed by atoms with Gasteiger partial charge in [0.15, 0.2) is 0 Å². The summed E-state index contributed by atoms with van der Waals surface area (Å²) in [6.07, 6.45) is -3.26. The van der Waals surface area contributed by atoms with Crippen LogP contribution in [0.5, 0.6) is 0 Å². The third-order valence-corrected chi connectivity index (χ3v) is 3.66. The molecule has 0 aromatic heterocycles. The van der Waals surface area contributed by atoms with Crippen LogP contribution in [0.3, 0.4) is 0 Å². The Morgan fingerprint density at radius 1 is 1.24 bits per heavy atom. The second-order valence-corrected chi connectivity index (χ2v) is 5.20. The van der Waals surface area contributed by atoms with E-state index in [-0.39, 0.29) is 6.42 Å². The SMILES string of the molecule is O=C(O)CC1(NC(=O)c2ccccc2C(F)(F)F)CCC1. The Labute approximate surface area is 119 Å². The van der Waals surface area contributed by atoms with Gasteiger partial charge in [-0.05, 0) is 31.4 Å². The molecule has 0 aliphatic heterocycles. The van der Waals surface area contributed by atoms with Crippen molar-refractivity contribution in [2.24, 2.45) is 0 Å². The summed E-state index contributed by atoms with van der Waals surface area (Å²) < 4.78 is 38.6. The lowest BCUT2D eigenvalue weighted by molar-refractivity contribution is -0.140. The monoisotopic (exact) mass is 301 g/mol. The van der Waals surface area contributed by atoms with E-state index in [1.54, 1.807) is 0 Å². The number of carboxylic acids is 1. The Kier molecular flexibility index (Phi) is 3.93. The first-order chi connectivity index (χ1) is 9.73. The lowest BCUT2D eigenvalue weighted by atomic mass is 9.74. The third-order valence-electron chi connectivity index (χ3n) is 3.66. The number of rotatable bonds is 4. The minimum atomic E-state index is -4.63. The maximum absolute atomic E-state index is 12.9. The number of aliphatic carboxylic acids is 1. The normalized spacial score (nSPS) is 16.9. The second-order valence-electron chi connectivity index (χ2n) is 5.20. The molecule has 21 heavy (non-hydrogen) atoms. The summed E-state index contributed by atoms with van der Waals surface area (Å²) in [4.78, 5) is 22.9. The number of amides is 1. The van der Waals surface area contributed by atoms with Gasteiger partial charge in [-0.3, -0.25) is 9.59 Å². The van der Waals surface area contributed by atoms with E-state index in [9.17, 15) is 22.8 Å². The fourth-order valence-corrected chi connectivity index (χ4v) is 2.48. The van der Waals surface area contributed by atoms with Crippen molar-refractivity contribution in [1.82, 2.24) is 5.32 Å². The average Bonchev–Trinajstić information content (AvgIpc) is 2.34. The van der Waals surface area contributed by atoms with Crippen molar-refractivity contribution in [3.63, 3.8) is 0 Å². The maximum atomic E-state index is 12.9. The highest BCUT2D eigenvalue weighted by Crippen LogP contribution is 2.36. The first-order valence-electron chi connectivity index (χ1n) is 6.44. The predicted octanol–water partition coefficient (Wildman–Crippen LogP) is 2.83. The molecule has 1 aromatic carbocycles. The Balaban J connectivity index is 2.23. The van der Waals surface area contributed by atoms with Gasteiger partial charge >= 0.3 is 12.1 Å². The van der Waals surface area contributed by atoms with Crippen LogP contribution in [0.25, 0.3) is 0 Å². The summed E-state index contributed by atoms with van der Waals surface area (Å²) in [6, 6.07) is 4.47. The first-order valence-corrected chi connectivity index (χ1v) is 6.44. The zero-order valence-electron chi connectivity index (χ0n) is 11.0. The topological polar surface area (TPSA) is 66.4 Å². The smallest absolute Gasteiger partial charge is 0.417 e. The lowest BCUT2D eigenvalue weighted by Crippen LogP contribution is -2.54. The van der Waals surface area contributed by atoms with Crippen molar-refractivity contribution in [2.45, 2.75) is 37.4 Å². The van der Waals surface area contributed by atoms with Crippen LogP contribution in [-0.2, 0) is 11.0 Å². The van der Waals surface area contributed by atoms with Crippen LogP contribution in [0.1, 0.15) is 41.6 Å². The highest BCUT2D eigenvalue weighted by molar-refractivity contribution is 5.96. The molecule has 2 rings (SSSR count). The van der Waals surface area contributed by atoms with E-state index in [1.807, 2.05) is 0 Å². The molecule has 4 nitrogen and oxygen atoms in total. The van der Waals surface area contributed by atoms with Gasteiger partial charge in [0.1, 0.15) is 0 Å². The largest absolute Gasteiger partial charge is 0.481 e. The number of nitrogens with one attached hydrogen (secondary N) is 1. The van der Waals surface area contributed by atoms with E-state index in [2.05, 4.69) is 5.32 Å². The molecule has 114 valence electrons. The van der Waals surface area contributed by atoms with E-state index < -0.39 is 34.7 Å². The summed E-state index contributed by atoms with van der Waals surface area (Å²) in [7, 11) is 0. The number of alkyl halides is 3. The Hall–Kier alpha value is -2.05. The number of hydrogen-bond donors (Lipinski definition) is 2. The van der Waals surface area contributed by atoms with Crippen molar-refractivity contribution < 1.29 is 27.9 Å². The van der Waals surface area contributed by atoms with Gasteiger partial charge in [-0.2, -0.15) is 13.2 Å². The molecule has 2 N–H and O–H groups in total. The number of halogens is 3. The fraction of sp³-hybridized carbons (Fsp3) is 0.429. The molecule has 1 amide bonds. The van der Waals surface area contributed by atoms with Crippen LogP contribution in [0, 0.1) is 0 Å². The number of benzene rings is 1. The molecule has 0 unspecified atom stereocenters. The zero-order chi connectivity index (χ0) is 15.7. The molecule has 1 fully saturated rings. The second kappa shape index (κ2) is 5.38. The van der Waals surface area contributed by atoms with Gasteiger partial charge in [0.2, 0.25) is 0 Å². The van der Waals surface area contributed by atoms with Crippen LogP contribution >= 0.6 is 0 Å². The lowest BCUT2D eigenvalue weighted by Gasteiger charge is -2.41. The molecule has 0 atom stereocenters. The number of carboxylic acid groups (broad SMARTS) is 1. The highest BCUT2D eigenvalue weighted by Gasteiger charge is 2.42. The minimum absolute atomic E-state index is 0.285. The molecular formula is C14H14F3NO3. The zero-order valence-corrected chi connectivity index (χ0v) is 11.0. The molecule has 0 heterocycles. The first kappa shape index (κ1) is 15.3. The Morgan fingerprint density at radius 2 is 1.86 bits per heavy atom. The van der Waals surface area contributed by atoms with Gasteiger partial charge in [0, 0.05) is 0 Å². The molecule has 1 aliphatic carbocycles. The average molecular weight is 301 g/mol. The highest BCUT2D eigenvalue weighted by atomic mass is 19.4. The van der Waals surface area contributed by atoms with Crippen LogP contribution < -0.4 is 5.32 Å². The molecule has 0 spiro atoms. The van der Waals surface area contributed by atoms with Crippen LogP contribution in [-0.4, -0.2) is 22.5 Å². The molecule has 7 heteroatoms. The summed E-state index contributed by atoms with van der Waals surface area (Å²) >= 11 is 0. The van der Waals surface area contributed by atoms with Crippen LogP contribution in [0.2, 0.25) is 0 Å². The third kappa shape index (κ3) is 3.34. The molecular weight excluding hydrogens is 287 g/mol. The van der Waals surface area contributed by atoms with Crippen molar-refractivity contribution in [3.8, 4) is 0 Å². The van der Waals surface area contributed by atoms with Gasteiger partial charge in [-0.1, -0.05) is 12.1 Å². The predicted molar refractivity (Wildman–Crippen MR) is 67.7 cm³/mol. The van der Waals surface area contributed by atoms with Crippen LogP contribution in [0.15, 0.2) is 24.3 Å². The number of hydrogen-bond acceptors (Lipinski definition) is 2. The Bertz CT molecular complexity index is 565. The summed E-state index contributed by atoms with van der Waals surface area (Å²) in [5.74, 6) is -1.97. The van der Waals surface area contributed by atoms with Gasteiger partial charge in [0.25, 0.3) is 5.91 Å². The van der Waals surface area contributed by atoms with Crippen molar-refractivity contribution in [3.05, 3.63) is 35.4 Å². The molecule has 1 aromatic rings. The molecule has 0 radical (unpaired) electrons. The standard InChI is InChI=1S/C14H14F3NO3/c15-14(16,17)10-5-2-1-4-9(10)12(21)18-13(6-3-7-13)8-11(19)20/h1-2,4-5H,3,6-8H2,(H,18,21)(H,19,20). The summed E-state index contributed by atoms with van der Waals surface area (Å²) in [6.45, 7) is 0. The van der Waals surface area contributed by atoms with Gasteiger partial charge in [0.05, 0.1) is 23.1 Å². The molecule has 0 saturated heterocycles. The van der Waals surface area contributed by atoms with Gasteiger partial charge in [-0.15, -0.1) is 0 Å². The van der Waals surface area contributed by atoms with E-state index in [0.717, 1.165) is 18.6 Å². The summed E-state index contributed by atoms with van der Waals surface area (Å²) in [5.41, 5.74) is -2.43. The fourth-order valence-electron chi connectivity index (χ4n) is 2.48. The maximum Gasteiger partial charge on any atom is 0.417 e.